The van der Waals surface area contributed by atoms with E-state index in [2.05, 4.69) is 0 Å². The van der Waals surface area contributed by atoms with Crippen molar-refractivity contribution in [2.75, 3.05) is 6.54 Å². The van der Waals surface area contributed by atoms with Gasteiger partial charge in [-0.05, 0) is 30.5 Å². The van der Waals surface area contributed by atoms with Crippen LogP contribution in [-0.2, 0) is 11.3 Å². The van der Waals surface area contributed by atoms with Gasteiger partial charge in [0.2, 0.25) is 0 Å². The molecule has 0 bridgehead atoms. The minimum Gasteiger partial charge on any atom is -0.312 e. The number of nitrogens with zero attached hydrogens (tertiary/aromatic N) is 2. The molecular weight excluding hydrogens is 252 g/mol. The second kappa shape index (κ2) is 4.28. The topological polar surface area (TPSA) is 40.6 Å². The highest BCUT2D eigenvalue weighted by atomic mass is 35.5. The number of halogens is 1. The van der Waals surface area contributed by atoms with Crippen LogP contribution >= 0.6 is 11.6 Å². The molecule has 1 atom stereocenters. The largest absolute Gasteiger partial charge is 0.327 e. The van der Waals surface area contributed by atoms with E-state index in [9.17, 15) is 9.59 Å². The quantitative estimate of drug-likeness (QED) is 0.769. The lowest BCUT2D eigenvalue weighted by Gasteiger charge is -2.15. The van der Waals surface area contributed by atoms with Crippen LogP contribution in [0, 0.1) is 0 Å². The van der Waals surface area contributed by atoms with Gasteiger partial charge in [-0.15, -0.1) is 0 Å². The van der Waals surface area contributed by atoms with Crippen molar-refractivity contribution in [3.63, 3.8) is 0 Å². The van der Waals surface area contributed by atoms with Crippen molar-refractivity contribution in [2.45, 2.75) is 25.4 Å². The van der Waals surface area contributed by atoms with Crippen LogP contribution in [0.25, 0.3) is 0 Å². The number of carbonyl (C=O) groups is 2. The van der Waals surface area contributed by atoms with E-state index in [4.69, 9.17) is 11.6 Å². The fourth-order valence-corrected chi connectivity index (χ4v) is 2.86. The molecule has 2 heterocycles. The summed E-state index contributed by atoms with van der Waals surface area (Å²) in [7, 11) is 0. The number of rotatable bonds is 2. The Morgan fingerprint density at radius 2 is 2.17 bits per heavy atom. The molecule has 0 aromatic heterocycles. The van der Waals surface area contributed by atoms with Gasteiger partial charge in [0.25, 0.3) is 5.91 Å². The molecule has 18 heavy (non-hydrogen) atoms. The number of imide groups is 1. The van der Waals surface area contributed by atoms with Gasteiger partial charge in [-0.1, -0.05) is 23.7 Å². The van der Waals surface area contributed by atoms with Gasteiger partial charge in [0.15, 0.2) is 0 Å². The molecule has 0 N–H and O–H groups in total. The number of benzene rings is 1. The summed E-state index contributed by atoms with van der Waals surface area (Å²) < 4.78 is 0. The maximum Gasteiger partial charge on any atom is 0.327 e. The molecule has 1 aromatic carbocycles. The predicted molar refractivity (Wildman–Crippen MR) is 67.1 cm³/mol. The third-order valence-electron chi connectivity index (χ3n) is 3.51. The first-order valence-electron chi connectivity index (χ1n) is 6.03. The summed E-state index contributed by atoms with van der Waals surface area (Å²) >= 11 is 5.90. The van der Waals surface area contributed by atoms with Gasteiger partial charge < -0.3 is 4.90 Å². The van der Waals surface area contributed by atoms with Crippen molar-refractivity contribution < 1.29 is 9.59 Å². The van der Waals surface area contributed by atoms with Gasteiger partial charge in [0.05, 0.1) is 6.54 Å². The zero-order valence-electron chi connectivity index (χ0n) is 9.80. The third kappa shape index (κ3) is 1.77. The highest BCUT2D eigenvalue weighted by Crippen LogP contribution is 2.28. The summed E-state index contributed by atoms with van der Waals surface area (Å²) in [6.07, 6.45) is 1.71. The summed E-state index contributed by atoms with van der Waals surface area (Å²) in [4.78, 5) is 27.2. The second-order valence-corrected chi connectivity index (χ2v) is 5.12. The molecule has 2 saturated heterocycles. The van der Waals surface area contributed by atoms with Crippen LogP contribution in [0.2, 0.25) is 5.02 Å². The molecule has 0 spiro atoms. The Morgan fingerprint density at radius 1 is 1.33 bits per heavy atom. The van der Waals surface area contributed by atoms with Gasteiger partial charge in [0.1, 0.15) is 6.04 Å². The molecule has 0 saturated carbocycles. The average Bonchev–Trinajstić information content (AvgIpc) is 2.90. The Labute approximate surface area is 110 Å². The minimum absolute atomic E-state index is 0.0718. The summed E-state index contributed by atoms with van der Waals surface area (Å²) in [5, 5.41) is 0.618. The van der Waals surface area contributed by atoms with E-state index in [0.717, 1.165) is 18.4 Å². The highest BCUT2D eigenvalue weighted by molar-refractivity contribution is 6.30. The smallest absolute Gasteiger partial charge is 0.312 e. The first-order chi connectivity index (χ1) is 8.66. The second-order valence-electron chi connectivity index (χ2n) is 4.69. The van der Waals surface area contributed by atoms with Crippen LogP contribution < -0.4 is 0 Å². The molecule has 1 unspecified atom stereocenters. The van der Waals surface area contributed by atoms with Crippen LogP contribution in [-0.4, -0.2) is 34.3 Å². The van der Waals surface area contributed by atoms with E-state index in [0.29, 0.717) is 18.1 Å². The van der Waals surface area contributed by atoms with Crippen molar-refractivity contribution in [2.24, 2.45) is 0 Å². The van der Waals surface area contributed by atoms with E-state index in [1.807, 2.05) is 12.1 Å². The normalized spacial score (nSPS) is 22.8. The molecule has 1 aromatic rings. The van der Waals surface area contributed by atoms with Crippen molar-refractivity contribution >= 4 is 23.5 Å². The standard InChI is InChI=1S/C13H13ClN2O2/c14-10-4-1-3-9(7-10)8-16-12(17)11-5-2-6-15(11)13(16)18/h1,3-4,7,11H,2,5-6,8H2. The van der Waals surface area contributed by atoms with Crippen molar-refractivity contribution in [1.29, 1.82) is 0 Å². The Morgan fingerprint density at radius 3 is 2.89 bits per heavy atom. The van der Waals surface area contributed by atoms with Gasteiger partial charge in [-0.25, -0.2) is 4.79 Å². The van der Waals surface area contributed by atoms with E-state index >= 15 is 0 Å². The number of carbonyl (C=O) groups excluding carboxylic acids is 2. The molecule has 3 rings (SSSR count). The predicted octanol–water partition coefficient (Wildman–Crippen LogP) is 2.27. The Bertz CT molecular complexity index is 495. The van der Waals surface area contributed by atoms with E-state index in [-0.39, 0.29) is 18.0 Å². The number of fused-ring (bicyclic) bond motifs is 1. The zero-order chi connectivity index (χ0) is 12.7. The van der Waals surface area contributed by atoms with Crippen LogP contribution in [0.4, 0.5) is 4.79 Å². The molecule has 2 aliphatic rings. The Balaban J connectivity index is 1.81. The first-order valence-corrected chi connectivity index (χ1v) is 6.41. The summed E-state index contributed by atoms with van der Waals surface area (Å²) in [6, 6.07) is 6.86. The zero-order valence-corrected chi connectivity index (χ0v) is 10.6. The van der Waals surface area contributed by atoms with Crippen LogP contribution in [0.15, 0.2) is 24.3 Å². The maximum atomic E-state index is 12.1. The molecule has 0 radical (unpaired) electrons. The molecule has 2 fully saturated rings. The van der Waals surface area contributed by atoms with Gasteiger partial charge in [0, 0.05) is 11.6 Å². The Hall–Kier alpha value is -1.55. The lowest BCUT2D eigenvalue weighted by Crippen LogP contribution is -2.32. The van der Waals surface area contributed by atoms with Crippen LogP contribution in [0.3, 0.4) is 0 Å². The highest BCUT2D eigenvalue weighted by Gasteiger charge is 2.47. The molecule has 0 aliphatic carbocycles. The van der Waals surface area contributed by atoms with Gasteiger partial charge in [-0.2, -0.15) is 0 Å². The van der Waals surface area contributed by atoms with Crippen LogP contribution in [0.1, 0.15) is 18.4 Å². The lowest BCUT2D eigenvalue weighted by atomic mass is 10.2. The maximum absolute atomic E-state index is 12.1. The summed E-state index contributed by atoms with van der Waals surface area (Å²) in [5.74, 6) is -0.0718. The van der Waals surface area contributed by atoms with Crippen molar-refractivity contribution in [1.82, 2.24) is 9.80 Å². The fraction of sp³-hybridized carbons (Fsp3) is 0.385. The molecule has 4 nitrogen and oxygen atoms in total. The third-order valence-corrected chi connectivity index (χ3v) is 3.75. The molecule has 5 heteroatoms. The summed E-state index contributed by atoms with van der Waals surface area (Å²) in [5.41, 5.74) is 0.880. The molecule has 3 amide bonds. The first kappa shape index (κ1) is 11.5. The number of amides is 3. The molecular formula is C13H13ClN2O2. The minimum atomic E-state index is -0.225. The molecule has 2 aliphatic heterocycles. The van der Waals surface area contributed by atoms with E-state index in [1.54, 1.807) is 17.0 Å². The van der Waals surface area contributed by atoms with Crippen LogP contribution in [0.5, 0.6) is 0 Å². The molecule has 94 valence electrons. The number of hydrogen-bond donors (Lipinski definition) is 0. The van der Waals surface area contributed by atoms with E-state index in [1.165, 1.54) is 4.90 Å². The lowest BCUT2D eigenvalue weighted by molar-refractivity contribution is -0.128. The Kier molecular flexibility index (Phi) is 2.74. The monoisotopic (exact) mass is 264 g/mol. The fourth-order valence-electron chi connectivity index (χ4n) is 2.65. The van der Waals surface area contributed by atoms with Gasteiger partial charge in [-0.3, -0.25) is 9.69 Å². The summed E-state index contributed by atoms with van der Waals surface area (Å²) in [6.45, 7) is 1.01. The average molecular weight is 265 g/mol. The van der Waals surface area contributed by atoms with Gasteiger partial charge >= 0.3 is 6.03 Å². The van der Waals surface area contributed by atoms with E-state index < -0.39 is 0 Å². The number of hydrogen-bond acceptors (Lipinski definition) is 2. The van der Waals surface area contributed by atoms with Crippen molar-refractivity contribution in [3.05, 3.63) is 34.9 Å². The SMILES string of the molecule is O=C1C2CCCN2C(=O)N1Cc1cccc(Cl)c1. The number of urea groups is 1. The van der Waals surface area contributed by atoms with Crippen molar-refractivity contribution in [3.8, 4) is 0 Å².